The van der Waals surface area contributed by atoms with E-state index in [-0.39, 0.29) is 10.5 Å². The highest BCUT2D eigenvalue weighted by Crippen LogP contribution is 2.30. The number of aryl methyl sites for hydroxylation is 1. The van der Waals surface area contributed by atoms with Crippen LogP contribution in [0.25, 0.3) is 0 Å². The molecular weight excluding hydrogens is 298 g/mol. The molecule has 94 valence electrons. The Balaban J connectivity index is 2.10. The molecule has 1 unspecified atom stereocenters. The van der Waals surface area contributed by atoms with Crippen LogP contribution in [0, 0.1) is 17.0 Å². The number of nitro groups is 1. The van der Waals surface area contributed by atoms with E-state index in [1.165, 1.54) is 12.1 Å². The van der Waals surface area contributed by atoms with E-state index in [1.807, 2.05) is 13.0 Å². The molecule has 0 fully saturated rings. The second-order valence-electron chi connectivity index (χ2n) is 4.06. The standard InChI is InChI=1S/C13H12BrNO3/c1-9-6-7-18-13(9)12(14)8-10-2-4-11(5-3-10)15(16)17/h2-7,12H,8H2,1H3. The van der Waals surface area contributed by atoms with Gasteiger partial charge in [-0.25, -0.2) is 0 Å². The summed E-state index contributed by atoms with van der Waals surface area (Å²) in [6.07, 6.45) is 2.39. The Bertz CT molecular complexity index is 548. The first kappa shape index (κ1) is 12.8. The molecular formula is C13H12BrNO3. The molecule has 2 rings (SSSR count). The van der Waals surface area contributed by atoms with Gasteiger partial charge in [0.2, 0.25) is 0 Å². The molecule has 4 nitrogen and oxygen atoms in total. The third kappa shape index (κ3) is 2.79. The molecule has 2 aromatic rings. The first-order chi connectivity index (χ1) is 8.58. The van der Waals surface area contributed by atoms with Crippen molar-refractivity contribution in [3.05, 3.63) is 63.6 Å². The number of hydrogen-bond acceptors (Lipinski definition) is 3. The molecule has 0 aliphatic rings. The van der Waals surface area contributed by atoms with Crippen LogP contribution in [0.1, 0.15) is 21.7 Å². The summed E-state index contributed by atoms with van der Waals surface area (Å²) < 4.78 is 5.41. The van der Waals surface area contributed by atoms with E-state index in [0.29, 0.717) is 0 Å². The minimum Gasteiger partial charge on any atom is -0.468 e. The SMILES string of the molecule is Cc1ccoc1C(Br)Cc1ccc([N+](=O)[O-])cc1. The van der Waals surface area contributed by atoms with Gasteiger partial charge in [0.15, 0.2) is 0 Å². The first-order valence-electron chi connectivity index (χ1n) is 5.49. The number of furan rings is 1. The second kappa shape index (κ2) is 5.35. The van der Waals surface area contributed by atoms with Crippen molar-refractivity contribution in [2.45, 2.75) is 18.2 Å². The zero-order chi connectivity index (χ0) is 13.1. The highest BCUT2D eigenvalue weighted by Gasteiger charge is 2.15. The summed E-state index contributed by atoms with van der Waals surface area (Å²) in [4.78, 5) is 10.2. The van der Waals surface area contributed by atoms with E-state index in [9.17, 15) is 10.1 Å². The summed E-state index contributed by atoms with van der Waals surface area (Å²) in [6, 6.07) is 8.49. The normalized spacial score (nSPS) is 12.3. The lowest BCUT2D eigenvalue weighted by Gasteiger charge is -2.08. The lowest BCUT2D eigenvalue weighted by Crippen LogP contribution is -1.96. The molecule has 5 heteroatoms. The number of non-ortho nitro benzene ring substituents is 1. The number of benzene rings is 1. The van der Waals surface area contributed by atoms with Crippen molar-refractivity contribution in [3.8, 4) is 0 Å². The lowest BCUT2D eigenvalue weighted by molar-refractivity contribution is -0.384. The molecule has 0 bridgehead atoms. The van der Waals surface area contributed by atoms with Crippen LogP contribution in [0.5, 0.6) is 0 Å². The van der Waals surface area contributed by atoms with Crippen molar-refractivity contribution in [1.82, 2.24) is 0 Å². The Hall–Kier alpha value is -1.62. The zero-order valence-electron chi connectivity index (χ0n) is 9.80. The van der Waals surface area contributed by atoms with Gasteiger partial charge in [0.1, 0.15) is 5.76 Å². The Labute approximate surface area is 113 Å². The van der Waals surface area contributed by atoms with Crippen LogP contribution >= 0.6 is 15.9 Å². The van der Waals surface area contributed by atoms with Gasteiger partial charge in [-0.1, -0.05) is 28.1 Å². The molecule has 0 aliphatic heterocycles. The van der Waals surface area contributed by atoms with E-state index in [4.69, 9.17) is 4.42 Å². The van der Waals surface area contributed by atoms with E-state index in [2.05, 4.69) is 15.9 Å². The molecule has 0 radical (unpaired) electrons. The Morgan fingerprint density at radius 3 is 2.50 bits per heavy atom. The van der Waals surface area contributed by atoms with Crippen LogP contribution in [0.3, 0.4) is 0 Å². The minimum atomic E-state index is -0.397. The summed E-state index contributed by atoms with van der Waals surface area (Å²) >= 11 is 3.57. The summed E-state index contributed by atoms with van der Waals surface area (Å²) in [5.74, 6) is 0.897. The van der Waals surface area contributed by atoms with E-state index < -0.39 is 4.92 Å². The maximum absolute atomic E-state index is 10.5. The van der Waals surface area contributed by atoms with Crippen LogP contribution in [0.4, 0.5) is 5.69 Å². The minimum absolute atomic E-state index is 0.0777. The molecule has 0 amide bonds. The molecule has 1 atom stereocenters. The smallest absolute Gasteiger partial charge is 0.269 e. The predicted molar refractivity (Wildman–Crippen MR) is 71.9 cm³/mol. The van der Waals surface area contributed by atoms with Crippen LogP contribution in [-0.2, 0) is 6.42 Å². The van der Waals surface area contributed by atoms with Gasteiger partial charge in [-0.2, -0.15) is 0 Å². The van der Waals surface area contributed by atoms with Gasteiger partial charge in [0.25, 0.3) is 5.69 Å². The first-order valence-corrected chi connectivity index (χ1v) is 6.41. The van der Waals surface area contributed by atoms with Crippen molar-refractivity contribution in [1.29, 1.82) is 0 Å². The van der Waals surface area contributed by atoms with Gasteiger partial charge in [-0.05, 0) is 30.5 Å². The highest BCUT2D eigenvalue weighted by molar-refractivity contribution is 9.09. The summed E-state index contributed by atoms with van der Waals surface area (Å²) in [5, 5.41) is 10.5. The van der Waals surface area contributed by atoms with Gasteiger partial charge in [-0.15, -0.1) is 0 Å². The molecule has 0 aliphatic carbocycles. The monoisotopic (exact) mass is 309 g/mol. The average Bonchev–Trinajstić information content (AvgIpc) is 2.76. The molecule has 0 saturated heterocycles. The van der Waals surface area contributed by atoms with Gasteiger partial charge in [0.05, 0.1) is 16.0 Å². The van der Waals surface area contributed by atoms with E-state index in [1.54, 1.807) is 18.4 Å². The fourth-order valence-electron chi connectivity index (χ4n) is 1.76. The van der Waals surface area contributed by atoms with E-state index >= 15 is 0 Å². The Kier molecular flexibility index (Phi) is 3.81. The molecule has 0 spiro atoms. The van der Waals surface area contributed by atoms with Gasteiger partial charge in [0, 0.05) is 12.1 Å². The second-order valence-corrected chi connectivity index (χ2v) is 5.17. The van der Waals surface area contributed by atoms with Gasteiger partial charge in [-0.3, -0.25) is 10.1 Å². The van der Waals surface area contributed by atoms with Crippen LogP contribution in [0.15, 0.2) is 41.0 Å². The predicted octanol–water partition coefficient (Wildman–Crippen LogP) is 4.17. The van der Waals surface area contributed by atoms with Crippen molar-refractivity contribution in [2.24, 2.45) is 0 Å². The third-order valence-corrected chi connectivity index (χ3v) is 3.49. The topological polar surface area (TPSA) is 56.3 Å². The summed E-state index contributed by atoms with van der Waals surface area (Å²) in [5.41, 5.74) is 2.23. The summed E-state index contributed by atoms with van der Waals surface area (Å²) in [7, 11) is 0. The molecule has 1 heterocycles. The van der Waals surface area contributed by atoms with E-state index in [0.717, 1.165) is 23.3 Å². The number of alkyl halides is 1. The Morgan fingerprint density at radius 1 is 1.33 bits per heavy atom. The third-order valence-electron chi connectivity index (χ3n) is 2.75. The zero-order valence-corrected chi connectivity index (χ0v) is 11.4. The van der Waals surface area contributed by atoms with Gasteiger partial charge < -0.3 is 4.42 Å². The van der Waals surface area contributed by atoms with Gasteiger partial charge >= 0.3 is 0 Å². The number of nitro benzene ring substituents is 1. The van der Waals surface area contributed by atoms with Crippen LogP contribution in [0.2, 0.25) is 0 Å². The lowest BCUT2D eigenvalue weighted by atomic mass is 10.1. The number of halogens is 1. The number of rotatable bonds is 4. The van der Waals surface area contributed by atoms with Crippen LogP contribution in [-0.4, -0.2) is 4.92 Å². The van der Waals surface area contributed by atoms with Crippen molar-refractivity contribution in [3.63, 3.8) is 0 Å². The molecule has 18 heavy (non-hydrogen) atoms. The molecule has 0 N–H and O–H groups in total. The Morgan fingerprint density at radius 2 is 2.00 bits per heavy atom. The van der Waals surface area contributed by atoms with Crippen molar-refractivity contribution >= 4 is 21.6 Å². The highest BCUT2D eigenvalue weighted by atomic mass is 79.9. The van der Waals surface area contributed by atoms with Crippen LogP contribution < -0.4 is 0 Å². The molecule has 1 aromatic carbocycles. The van der Waals surface area contributed by atoms with Crippen molar-refractivity contribution < 1.29 is 9.34 Å². The molecule has 0 saturated carbocycles. The number of nitrogens with zero attached hydrogens (tertiary/aromatic N) is 1. The average molecular weight is 310 g/mol. The summed E-state index contributed by atoms with van der Waals surface area (Å²) in [6.45, 7) is 1.99. The maximum atomic E-state index is 10.5. The fraction of sp³-hybridized carbons (Fsp3) is 0.231. The fourth-order valence-corrected chi connectivity index (χ4v) is 2.60. The largest absolute Gasteiger partial charge is 0.468 e. The molecule has 1 aromatic heterocycles. The number of hydrogen-bond donors (Lipinski definition) is 0. The quantitative estimate of drug-likeness (QED) is 0.484. The van der Waals surface area contributed by atoms with Crippen molar-refractivity contribution in [2.75, 3.05) is 0 Å². The maximum Gasteiger partial charge on any atom is 0.269 e.